The van der Waals surface area contributed by atoms with E-state index in [0.717, 1.165) is 55.1 Å². The fourth-order valence-corrected chi connectivity index (χ4v) is 4.24. The zero-order valence-electron chi connectivity index (χ0n) is 17.6. The zero-order valence-corrected chi connectivity index (χ0v) is 17.6. The number of rotatable bonds is 5. The number of hydrogen-bond donors (Lipinski definition) is 1. The lowest BCUT2D eigenvalue weighted by Gasteiger charge is -2.33. The van der Waals surface area contributed by atoms with Crippen LogP contribution in [0.3, 0.4) is 0 Å². The van der Waals surface area contributed by atoms with Crippen LogP contribution in [0.1, 0.15) is 42.5 Å². The van der Waals surface area contributed by atoms with Gasteiger partial charge in [-0.25, -0.2) is 0 Å². The Labute approximate surface area is 178 Å². The molecular formula is C25H28N4O. The number of aryl methyl sites for hydroxylation is 1. The van der Waals surface area contributed by atoms with Crippen LogP contribution in [0.25, 0.3) is 11.3 Å². The quantitative estimate of drug-likeness (QED) is 0.669. The Morgan fingerprint density at radius 1 is 1.13 bits per heavy atom. The molecule has 1 aliphatic rings. The molecule has 0 unspecified atom stereocenters. The number of anilines is 1. The van der Waals surface area contributed by atoms with Gasteiger partial charge in [-0.1, -0.05) is 35.9 Å². The van der Waals surface area contributed by atoms with Gasteiger partial charge in [-0.3, -0.25) is 19.7 Å². The maximum Gasteiger partial charge on any atom is 0.221 e. The Kier molecular flexibility index (Phi) is 6.19. The predicted molar refractivity (Wildman–Crippen MR) is 120 cm³/mol. The molecule has 1 amide bonds. The number of aromatic nitrogens is 2. The summed E-state index contributed by atoms with van der Waals surface area (Å²) in [6, 6.07) is 16.6. The summed E-state index contributed by atoms with van der Waals surface area (Å²) in [5.74, 6) is 0.330. The van der Waals surface area contributed by atoms with E-state index in [1.54, 1.807) is 6.20 Å². The molecule has 1 atom stereocenters. The summed E-state index contributed by atoms with van der Waals surface area (Å²) in [6.07, 6.45) is 5.89. The molecule has 0 saturated carbocycles. The summed E-state index contributed by atoms with van der Waals surface area (Å²) in [4.78, 5) is 23.2. The Bertz CT molecular complexity index is 1020. The minimum Gasteiger partial charge on any atom is -0.326 e. The minimum absolute atomic E-state index is 0.0463. The molecule has 4 rings (SSSR count). The molecule has 2 aromatic carbocycles. The third-order valence-corrected chi connectivity index (χ3v) is 5.59. The normalized spacial score (nSPS) is 16.9. The first kappa shape index (κ1) is 20.2. The van der Waals surface area contributed by atoms with E-state index in [4.69, 9.17) is 9.97 Å². The van der Waals surface area contributed by atoms with Crippen molar-refractivity contribution in [3.63, 3.8) is 0 Å². The fraction of sp³-hybridized carbons (Fsp3) is 0.320. The molecule has 30 heavy (non-hydrogen) atoms. The van der Waals surface area contributed by atoms with Gasteiger partial charge < -0.3 is 5.32 Å². The lowest BCUT2D eigenvalue weighted by Crippen LogP contribution is -2.34. The van der Waals surface area contributed by atoms with Crippen molar-refractivity contribution < 1.29 is 4.79 Å². The van der Waals surface area contributed by atoms with E-state index in [1.807, 2.05) is 18.3 Å². The zero-order chi connectivity index (χ0) is 20.9. The predicted octanol–water partition coefficient (Wildman–Crippen LogP) is 4.79. The van der Waals surface area contributed by atoms with E-state index in [9.17, 15) is 4.79 Å². The second-order valence-electron chi connectivity index (χ2n) is 8.11. The highest BCUT2D eigenvalue weighted by Crippen LogP contribution is 2.32. The molecule has 0 bridgehead atoms. The van der Waals surface area contributed by atoms with Crippen molar-refractivity contribution >= 4 is 11.6 Å². The highest BCUT2D eigenvalue weighted by molar-refractivity contribution is 5.88. The average Bonchev–Trinajstić information content (AvgIpc) is 2.75. The summed E-state index contributed by atoms with van der Waals surface area (Å²) in [6.45, 7) is 6.60. The number of carbonyl (C=O) groups excluding carboxylic acids is 1. The van der Waals surface area contributed by atoms with E-state index >= 15 is 0 Å². The fourth-order valence-electron chi connectivity index (χ4n) is 4.24. The van der Waals surface area contributed by atoms with Crippen LogP contribution in [0, 0.1) is 6.92 Å². The van der Waals surface area contributed by atoms with Gasteiger partial charge in [0.2, 0.25) is 5.91 Å². The molecule has 5 heteroatoms. The Morgan fingerprint density at radius 2 is 1.93 bits per heavy atom. The first-order valence-corrected chi connectivity index (χ1v) is 10.6. The van der Waals surface area contributed by atoms with Crippen molar-refractivity contribution in [3.05, 3.63) is 77.7 Å². The number of nitrogens with zero attached hydrogens (tertiary/aromatic N) is 3. The van der Waals surface area contributed by atoms with Crippen molar-refractivity contribution in [2.24, 2.45) is 0 Å². The van der Waals surface area contributed by atoms with Gasteiger partial charge in [0.25, 0.3) is 0 Å². The van der Waals surface area contributed by atoms with Crippen molar-refractivity contribution in [2.45, 2.75) is 39.2 Å². The largest absolute Gasteiger partial charge is 0.326 e. The van der Waals surface area contributed by atoms with Gasteiger partial charge >= 0.3 is 0 Å². The molecule has 2 heterocycles. The van der Waals surface area contributed by atoms with Crippen LogP contribution in [0.5, 0.6) is 0 Å². The second kappa shape index (κ2) is 9.18. The molecule has 1 fully saturated rings. The Morgan fingerprint density at radius 3 is 2.70 bits per heavy atom. The van der Waals surface area contributed by atoms with Gasteiger partial charge in [-0.15, -0.1) is 0 Å². The summed E-state index contributed by atoms with van der Waals surface area (Å²) in [7, 11) is 0. The molecule has 1 aliphatic heterocycles. The molecule has 0 aliphatic carbocycles. The Balaban J connectivity index is 1.49. The number of hydrogen-bond acceptors (Lipinski definition) is 4. The Hall–Kier alpha value is -3.05. The van der Waals surface area contributed by atoms with Crippen LogP contribution in [0.4, 0.5) is 5.69 Å². The van der Waals surface area contributed by atoms with Gasteiger partial charge in [0.1, 0.15) is 0 Å². The molecule has 1 aromatic heterocycles. The van der Waals surface area contributed by atoms with Crippen LogP contribution in [0.2, 0.25) is 0 Å². The van der Waals surface area contributed by atoms with Crippen molar-refractivity contribution in [2.75, 3.05) is 18.4 Å². The maximum absolute atomic E-state index is 11.2. The molecule has 1 saturated heterocycles. The van der Waals surface area contributed by atoms with Crippen LogP contribution >= 0.6 is 0 Å². The molecule has 1 N–H and O–H groups in total. The topological polar surface area (TPSA) is 58.1 Å². The smallest absolute Gasteiger partial charge is 0.221 e. The lowest BCUT2D eigenvalue weighted by atomic mass is 9.91. The third-order valence-electron chi connectivity index (χ3n) is 5.59. The molecular weight excluding hydrogens is 372 g/mol. The second-order valence-corrected chi connectivity index (χ2v) is 8.11. The van der Waals surface area contributed by atoms with Crippen molar-refractivity contribution in [3.8, 4) is 11.3 Å². The van der Waals surface area contributed by atoms with Crippen LogP contribution in [-0.4, -0.2) is 33.9 Å². The summed E-state index contributed by atoms with van der Waals surface area (Å²) in [5.41, 5.74) is 6.58. The van der Waals surface area contributed by atoms with Crippen LogP contribution in [0.15, 0.2) is 60.9 Å². The van der Waals surface area contributed by atoms with Gasteiger partial charge in [0.05, 0.1) is 11.4 Å². The highest BCUT2D eigenvalue weighted by Gasteiger charge is 2.25. The van der Waals surface area contributed by atoms with Crippen LogP contribution < -0.4 is 5.32 Å². The number of amides is 1. The molecule has 0 spiro atoms. The van der Waals surface area contributed by atoms with E-state index < -0.39 is 0 Å². The monoisotopic (exact) mass is 400 g/mol. The number of carbonyl (C=O) groups is 1. The highest BCUT2D eigenvalue weighted by atomic mass is 16.1. The van der Waals surface area contributed by atoms with Crippen molar-refractivity contribution in [1.82, 2.24) is 14.9 Å². The molecule has 5 nitrogen and oxygen atoms in total. The van der Waals surface area contributed by atoms with Gasteiger partial charge in [0, 0.05) is 49.6 Å². The first-order chi connectivity index (χ1) is 14.6. The number of piperidine rings is 1. The lowest BCUT2D eigenvalue weighted by molar-refractivity contribution is -0.114. The third kappa shape index (κ3) is 4.92. The van der Waals surface area contributed by atoms with E-state index in [2.05, 4.69) is 53.5 Å². The number of benzene rings is 2. The average molecular weight is 401 g/mol. The van der Waals surface area contributed by atoms with Crippen LogP contribution in [-0.2, 0) is 11.3 Å². The molecule has 154 valence electrons. The van der Waals surface area contributed by atoms with Gasteiger partial charge in [-0.05, 0) is 50.1 Å². The number of likely N-dealkylation sites (tertiary alicyclic amines) is 1. The standard InChI is InChI=1S/C25H28N4O/c1-18-5-3-6-21(15-18)24-25(27-13-12-26-24)22-7-4-14-29(17-22)16-20-8-10-23(11-9-20)28-19(2)30/h3,5-6,8-13,15,22H,4,7,14,16-17H2,1-2H3,(H,28,30)/t22-/m0/s1. The number of nitrogens with one attached hydrogen (secondary N) is 1. The van der Waals surface area contributed by atoms with Gasteiger partial charge in [-0.2, -0.15) is 0 Å². The summed E-state index contributed by atoms with van der Waals surface area (Å²) >= 11 is 0. The molecule has 0 radical (unpaired) electrons. The van der Waals surface area contributed by atoms with Gasteiger partial charge in [0.15, 0.2) is 0 Å². The first-order valence-electron chi connectivity index (χ1n) is 10.6. The minimum atomic E-state index is -0.0463. The van der Waals surface area contributed by atoms with E-state index in [0.29, 0.717) is 5.92 Å². The SMILES string of the molecule is CC(=O)Nc1ccc(CN2CCC[C@H](c3nccnc3-c3cccc(C)c3)C2)cc1. The molecule has 3 aromatic rings. The van der Waals surface area contributed by atoms with E-state index in [1.165, 1.54) is 18.1 Å². The maximum atomic E-state index is 11.2. The van der Waals surface area contributed by atoms with E-state index in [-0.39, 0.29) is 5.91 Å². The summed E-state index contributed by atoms with van der Waals surface area (Å²) < 4.78 is 0. The van der Waals surface area contributed by atoms with Crippen molar-refractivity contribution in [1.29, 1.82) is 0 Å². The summed E-state index contributed by atoms with van der Waals surface area (Å²) in [5, 5.41) is 2.82.